The van der Waals surface area contributed by atoms with E-state index in [1.54, 1.807) is 12.1 Å². The van der Waals surface area contributed by atoms with Crippen molar-refractivity contribution in [1.82, 2.24) is 5.32 Å². The molecule has 1 saturated carbocycles. The first-order valence-corrected chi connectivity index (χ1v) is 6.58. The summed E-state index contributed by atoms with van der Waals surface area (Å²) in [7, 11) is 0. The highest BCUT2D eigenvalue weighted by Gasteiger charge is 2.27. The zero-order valence-electron chi connectivity index (χ0n) is 8.00. The van der Waals surface area contributed by atoms with Gasteiger partial charge in [0.1, 0.15) is 0 Å². The quantitative estimate of drug-likeness (QED) is 0.843. The molecule has 5 heteroatoms. The van der Waals surface area contributed by atoms with Crippen molar-refractivity contribution >= 4 is 37.8 Å². The van der Waals surface area contributed by atoms with Crippen molar-refractivity contribution in [3.05, 3.63) is 22.6 Å². The molecule has 1 fully saturated rings. The third-order valence-corrected chi connectivity index (χ3v) is 4.07. The Kier molecular flexibility index (Phi) is 3.51. The van der Waals surface area contributed by atoms with E-state index in [2.05, 4.69) is 37.2 Å². The van der Waals surface area contributed by atoms with E-state index in [4.69, 9.17) is 4.42 Å². The number of rotatable bonds is 2. The fraction of sp³-hybridized carbons (Fsp3) is 0.500. The van der Waals surface area contributed by atoms with Crippen LogP contribution >= 0.6 is 31.9 Å². The molecule has 0 aromatic carbocycles. The summed E-state index contributed by atoms with van der Waals surface area (Å²) in [6.45, 7) is 0. The largest absolute Gasteiger partial charge is 0.444 e. The van der Waals surface area contributed by atoms with Crippen LogP contribution in [0.1, 0.15) is 29.8 Å². The van der Waals surface area contributed by atoms with Gasteiger partial charge in [-0.05, 0) is 40.9 Å². The highest BCUT2D eigenvalue weighted by Crippen LogP contribution is 2.26. The molecular formula is C10H11Br2NO2. The maximum Gasteiger partial charge on any atom is 0.287 e. The Labute approximate surface area is 105 Å². The Morgan fingerprint density at radius 3 is 2.80 bits per heavy atom. The molecule has 15 heavy (non-hydrogen) atoms. The first-order chi connectivity index (χ1) is 7.16. The molecule has 0 saturated heterocycles. The summed E-state index contributed by atoms with van der Waals surface area (Å²) in [6.07, 6.45) is 3.30. The number of amides is 1. The van der Waals surface area contributed by atoms with Crippen LogP contribution < -0.4 is 5.32 Å². The van der Waals surface area contributed by atoms with E-state index in [1.807, 2.05) is 0 Å². The van der Waals surface area contributed by atoms with E-state index in [0.717, 1.165) is 19.3 Å². The third kappa shape index (κ3) is 2.64. The zero-order valence-corrected chi connectivity index (χ0v) is 11.2. The van der Waals surface area contributed by atoms with Crippen molar-refractivity contribution in [2.24, 2.45) is 0 Å². The molecule has 2 atom stereocenters. The summed E-state index contributed by atoms with van der Waals surface area (Å²) in [5.74, 6) is 0.213. The van der Waals surface area contributed by atoms with Crippen LogP contribution in [0.3, 0.4) is 0 Å². The summed E-state index contributed by atoms with van der Waals surface area (Å²) < 4.78 is 5.76. The minimum atomic E-state index is -0.142. The Morgan fingerprint density at radius 1 is 1.47 bits per heavy atom. The summed E-state index contributed by atoms with van der Waals surface area (Å²) in [5.41, 5.74) is 0. The molecule has 1 aromatic rings. The molecule has 0 spiro atoms. The van der Waals surface area contributed by atoms with E-state index >= 15 is 0 Å². The van der Waals surface area contributed by atoms with Gasteiger partial charge in [-0.15, -0.1) is 0 Å². The number of carbonyl (C=O) groups is 1. The van der Waals surface area contributed by atoms with Crippen molar-refractivity contribution in [2.45, 2.75) is 30.1 Å². The third-order valence-electron chi connectivity index (χ3n) is 2.55. The number of nitrogens with one attached hydrogen (secondary N) is 1. The normalized spacial score (nSPS) is 25.5. The molecular weight excluding hydrogens is 326 g/mol. The minimum Gasteiger partial charge on any atom is -0.444 e. The van der Waals surface area contributed by atoms with E-state index in [1.165, 1.54) is 0 Å². The van der Waals surface area contributed by atoms with Crippen LogP contribution in [-0.2, 0) is 0 Å². The second kappa shape index (κ2) is 4.70. The molecule has 1 aliphatic rings. The Balaban J connectivity index is 1.97. The van der Waals surface area contributed by atoms with Gasteiger partial charge in [0.15, 0.2) is 10.4 Å². The van der Waals surface area contributed by atoms with Crippen LogP contribution in [0, 0.1) is 0 Å². The monoisotopic (exact) mass is 335 g/mol. The SMILES string of the molecule is O=C(NC1CCCC1Br)c1ccc(Br)o1. The van der Waals surface area contributed by atoms with Crippen LogP contribution in [0.2, 0.25) is 0 Å². The number of furan rings is 1. The molecule has 1 heterocycles. The van der Waals surface area contributed by atoms with Crippen molar-refractivity contribution in [3.8, 4) is 0 Å². The van der Waals surface area contributed by atoms with Crippen molar-refractivity contribution in [3.63, 3.8) is 0 Å². The number of hydrogen-bond donors (Lipinski definition) is 1. The molecule has 1 N–H and O–H groups in total. The first kappa shape index (κ1) is 11.2. The summed E-state index contributed by atoms with van der Waals surface area (Å²) in [5, 5.41) is 2.96. The van der Waals surface area contributed by atoms with E-state index in [9.17, 15) is 4.79 Å². The molecule has 2 rings (SSSR count). The maximum absolute atomic E-state index is 11.7. The van der Waals surface area contributed by atoms with Gasteiger partial charge in [0, 0.05) is 10.9 Å². The lowest BCUT2D eigenvalue weighted by Gasteiger charge is -2.14. The first-order valence-electron chi connectivity index (χ1n) is 4.87. The molecule has 0 bridgehead atoms. The predicted molar refractivity (Wildman–Crippen MR) is 64.2 cm³/mol. The maximum atomic E-state index is 11.7. The topological polar surface area (TPSA) is 42.2 Å². The summed E-state index contributed by atoms with van der Waals surface area (Å²) in [4.78, 5) is 12.1. The van der Waals surface area contributed by atoms with Gasteiger partial charge in [-0.1, -0.05) is 22.4 Å². The van der Waals surface area contributed by atoms with Crippen LogP contribution in [0.15, 0.2) is 21.2 Å². The molecule has 82 valence electrons. The van der Waals surface area contributed by atoms with Crippen molar-refractivity contribution in [2.75, 3.05) is 0 Å². The van der Waals surface area contributed by atoms with Gasteiger partial charge in [0.05, 0.1) is 0 Å². The van der Waals surface area contributed by atoms with E-state index in [-0.39, 0.29) is 11.9 Å². The van der Waals surface area contributed by atoms with E-state index in [0.29, 0.717) is 15.3 Å². The van der Waals surface area contributed by atoms with Gasteiger partial charge in [0.2, 0.25) is 0 Å². The average molecular weight is 337 g/mol. The molecule has 2 unspecified atom stereocenters. The lowest BCUT2D eigenvalue weighted by atomic mass is 10.2. The smallest absolute Gasteiger partial charge is 0.287 e. The lowest BCUT2D eigenvalue weighted by Crippen LogP contribution is -2.37. The Bertz CT molecular complexity index is 364. The summed E-state index contributed by atoms with van der Waals surface area (Å²) >= 11 is 6.73. The van der Waals surface area contributed by atoms with Gasteiger partial charge < -0.3 is 9.73 Å². The predicted octanol–water partition coefficient (Wildman–Crippen LogP) is 3.09. The number of carbonyl (C=O) groups excluding carboxylic acids is 1. The van der Waals surface area contributed by atoms with Gasteiger partial charge in [-0.3, -0.25) is 4.79 Å². The van der Waals surface area contributed by atoms with Gasteiger partial charge in [-0.25, -0.2) is 0 Å². The molecule has 1 aliphatic carbocycles. The van der Waals surface area contributed by atoms with Gasteiger partial charge >= 0.3 is 0 Å². The fourth-order valence-corrected chi connectivity index (χ4v) is 2.78. The van der Waals surface area contributed by atoms with Crippen LogP contribution in [0.4, 0.5) is 0 Å². The Morgan fingerprint density at radius 2 is 2.27 bits per heavy atom. The molecule has 0 radical (unpaired) electrons. The summed E-state index contributed by atoms with van der Waals surface area (Å²) in [6, 6.07) is 3.61. The van der Waals surface area contributed by atoms with Crippen molar-refractivity contribution in [1.29, 1.82) is 0 Å². The fourth-order valence-electron chi connectivity index (χ4n) is 1.75. The van der Waals surface area contributed by atoms with E-state index < -0.39 is 0 Å². The lowest BCUT2D eigenvalue weighted by molar-refractivity contribution is 0.0909. The minimum absolute atomic E-state index is 0.142. The van der Waals surface area contributed by atoms with Crippen LogP contribution in [0.25, 0.3) is 0 Å². The number of halogens is 2. The van der Waals surface area contributed by atoms with Crippen molar-refractivity contribution < 1.29 is 9.21 Å². The second-order valence-electron chi connectivity index (χ2n) is 3.63. The van der Waals surface area contributed by atoms with Gasteiger partial charge in [0.25, 0.3) is 5.91 Å². The average Bonchev–Trinajstić information content (AvgIpc) is 2.77. The highest BCUT2D eigenvalue weighted by atomic mass is 79.9. The van der Waals surface area contributed by atoms with Crippen LogP contribution in [0.5, 0.6) is 0 Å². The highest BCUT2D eigenvalue weighted by molar-refractivity contribution is 9.10. The van der Waals surface area contributed by atoms with Crippen LogP contribution in [-0.4, -0.2) is 16.8 Å². The molecule has 3 nitrogen and oxygen atoms in total. The zero-order chi connectivity index (χ0) is 10.8. The molecule has 0 aliphatic heterocycles. The number of hydrogen-bond acceptors (Lipinski definition) is 2. The molecule has 1 amide bonds. The number of alkyl halides is 1. The Hall–Kier alpha value is -0.290. The second-order valence-corrected chi connectivity index (χ2v) is 5.59. The standard InChI is InChI=1S/C10H11Br2NO2/c11-6-2-1-3-7(6)13-10(14)8-4-5-9(12)15-8/h4-7H,1-3H2,(H,13,14). The molecule has 1 aromatic heterocycles. The van der Waals surface area contributed by atoms with Gasteiger partial charge in [-0.2, -0.15) is 0 Å².